The summed E-state index contributed by atoms with van der Waals surface area (Å²) in [6.07, 6.45) is 3.68. The van der Waals surface area contributed by atoms with Gasteiger partial charge in [0.15, 0.2) is 5.65 Å². The van der Waals surface area contributed by atoms with Gasteiger partial charge in [-0.1, -0.05) is 28.1 Å². The van der Waals surface area contributed by atoms with Crippen molar-refractivity contribution < 1.29 is 0 Å². The van der Waals surface area contributed by atoms with Crippen LogP contribution in [-0.4, -0.2) is 14.6 Å². The van der Waals surface area contributed by atoms with Crippen LogP contribution in [0.5, 0.6) is 0 Å². The maximum absolute atomic E-state index is 4.50. The molecular formula is C12H8BrN3. The van der Waals surface area contributed by atoms with E-state index in [0.29, 0.717) is 0 Å². The molecule has 1 aromatic carbocycles. The molecule has 16 heavy (non-hydrogen) atoms. The minimum absolute atomic E-state index is 0.861. The Labute approximate surface area is 101 Å². The summed E-state index contributed by atoms with van der Waals surface area (Å²) in [6.45, 7) is 0. The summed E-state index contributed by atoms with van der Waals surface area (Å²) in [6, 6.07) is 11.9. The first kappa shape index (κ1) is 9.54. The van der Waals surface area contributed by atoms with Gasteiger partial charge in [0.2, 0.25) is 0 Å². The zero-order chi connectivity index (χ0) is 11.0. The Morgan fingerprint density at radius 1 is 1.06 bits per heavy atom. The quantitative estimate of drug-likeness (QED) is 0.682. The molecule has 0 spiro atoms. The number of halogens is 1. The SMILES string of the molecule is Brc1ccc(-c2cn3ncccc3n2)cc1. The maximum atomic E-state index is 4.50. The molecule has 3 aromatic rings. The molecule has 0 saturated carbocycles. The lowest BCUT2D eigenvalue weighted by Crippen LogP contribution is -1.85. The van der Waals surface area contributed by atoms with Crippen LogP contribution in [0.4, 0.5) is 0 Å². The second-order valence-corrected chi connectivity index (χ2v) is 4.38. The predicted octanol–water partition coefficient (Wildman–Crippen LogP) is 3.16. The summed E-state index contributed by atoms with van der Waals surface area (Å²) in [5, 5.41) is 4.19. The molecule has 2 aromatic heterocycles. The molecule has 0 radical (unpaired) electrons. The maximum Gasteiger partial charge on any atom is 0.154 e. The minimum Gasteiger partial charge on any atom is -0.227 e. The van der Waals surface area contributed by atoms with Crippen molar-refractivity contribution >= 4 is 21.6 Å². The van der Waals surface area contributed by atoms with Gasteiger partial charge in [0, 0.05) is 16.2 Å². The van der Waals surface area contributed by atoms with E-state index in [1.165, 1.54) is 0 Å². The van der Waals surface area contributed by atoms with Crippen molar-refractivity contribution in [3.8, 4) is 11.3 Å². The number of imidazole rings is 1. The molecule has 3 nitrogen and oxygen atoms in total. The monoisotopic (exact) mass is 273 g/mol. The molecule has 0 bridgehead atoms. The summed E-state index contributed by atoms with van der Waals surface area (Å²) in [7, 11) is 0. The summed E-state index contributed by atoms with van der Waals surface area (Å²) < 4.78 is 2.84. The standard InChI is InChI=1S/C12H8BrN3/c13-10-5-3-9(4-6-10)11-8-16-12(15-11)2-1-7-14-16/h1-8H. The number of fused-ring (bicyclic) bond motifs is 1. The molecule has 0 atom stereocenters. The van der Waals surface area contributed by atoms with Crippen LogP contribution in [-0.2, 0) is 0 Å². The van der Waals surface area contributed by atoms with Crippen molar-refractivity contribution in [2.75, 3.05) is 0 Å². The lowest BCUT2D eigenvalue weighted by molar-refractivity contribution is 0.936. The van der Waals surface area contributed by atoms with Gasteiger partial charge in [-0.25, -0.2) is 9.50 Å². The third-order valence-electron chi connectivity index (χ3n) is 2.38. The van der Waals surface area contributed by atoms with Gasteiger partial charge in [0.05, 0.1) is 11.9 Å². The first-order valence-corrected chi connectivity index (χ1v) is 5.68. The number of hydrogen-bond donors (Lipinski definition) is 0. The smallest absolute Gasteiger partial charge is 0.154 e. The molecule has 2 heterocycles. The second kappa shape index (κ2) is 3.72. The highest BCUT2D eigenvalue weighted by molar-refractivity contribution is 9.10. The Kier molecular flexibility index (Phi) is 2.22. The normalized spacial score (nSPS) is 10.8. The van der Waals surface area contributed by atoms with Crippen LogP contribution >= 0.6 is 15.9 Å². The number of rotatable bonds is 1. The van der Waals surface area contributed by atoms with Gasteiger partial charge < -0.3 is 0 Å². The highest BCUT2D eigenvalue weighted by Gasteiger charge is 2.03. The fourth-order valence-electron chi connectivity index (χ4n) is 1.59. The molecule has 0 amide bonds. The van der Waals surface area contributed by atoms with Crippen LogP contribution < -0.4 is 0 Å². The van der Waals surface area contributed by atoms with Crippen molar-refractivity contribution in [1.82, 2.24) is 14.6 Å². The zero-order valence-electron chi connectivity index (χ0n) is 8.34. The summed E-state index contributed by atoms with van der Waals surface area (Å²) in [4.78, 5) is 4.50. The average Bonchev–Trinajstić information content (AvgIpc) is 2.73. The van der Waals surface area contributed by atoms with Crippen molar-refractivity contribution in [2.45, 2.75) is 0 Å². The van der Waals surface area contributed by atoms with E-state index in [1.54, 1.807) is 10.7 Å². The predicted molar refractivity (Wildman–Crippen MR) is 66.1 cm³/mol. The van der Waals surface area contributed by atoms with E-state index in [1.807, 2.05) is 42.6 Å². The summed E-state index contributed by atoms with van der Waals surface area (Å²) >= 11 is 3.41. The highest BCUT2D eigenvalue weighted by atomic mass is 79.9. The molecule has 4 heteroatoms. The average molecular weight is 274 g/mol. The number of hydrogen-bond acceptors (Lipinski definition) is 2. The van der Waals surface area contributed by atoms with Crippen molar-refractivity contribution in [1.29, 1.82) is 0 Å². The summed E-state index contributed by atoms with van der Waals surface area (Å²) in [5.74, 6) is 0. The van der Waals surface area contributed by atoms with Crippen LogP contribution in [0.3, 0.4) is 0 Å². The Morgan fingerprint density at radius 2 is 1.88 bits per heavy atom. The Hall–Kier alpha value is -1.68. The van der Waals surface area contributed by atoms with E-state index in [-0.39, 0.29) is 0 Å². The molecule has 0 saturated heterocycles. The molecular weight excluding hydrogens is 266 g/mol. The van der Waals surface area contributed by atoms with Crippen LogP contribution in [0.1, 0.15) is 0 Å². The molecule has 0 aliphatic heterocycles. The van der Waals surface area contributed by atoms with Crippen molar-refractivity contribution in [3.63, 3.8) is 0 Å². The molecule has 0 fully saturated rings. The minimum atomic E-state index is 0.861. The Bertz CT molecular complexity index is 595. The van der Waals surface area contributed by atoms with E-state index >= 15 is 0 Å². The molecule has 0 aliphatic carbocycles. The molecule has 3 rings (SSSR count). The van der Waals surface area contributed by atoms with E-state index in [0.717, 1.165) is 21.4 Å². The Morgan fingerprint density at radius 3 is 2.62 bits per heavy atom. The lowest BCUT2D eigenvalue weighted by Gasteiger charge is -1.95. The number of nitrogens with zero attached hydrogens (tertiary/aromatic N) is 3. The van der Waals surface area contributed by atoms with Gasteiger partial charge in [-0.05, 0) is 24.3 Å². The third kappa shape index (κ3) is 1.61. The van der Waals surface area contributed by atoms with Crippen molar-refractivity contribution in [3.05, 3.63) is 53.3 Å². The second-order valence-electron chi connectivity index (χ2n) is 3.46. The lowest BCUT2D eigenvalue weighted by atomic mass is 10.2. The fraction of sp³-hybridized carbons (Fsp3) is 0. The number of benzene rings is 1. The summed E-state index contributed by atoms with van der Waals surface area (Å²) in [5.41, 5.74) is 2.89. The number of aromatic nitrogens is 3. The van der Waals surface area contributed by atoms with E-state index in [9.17, 15) is 0 Å². The van der Waals surface area contributed by atoms with Crippen molar-refractivity contribution in [2.24, 2.45) is 0 Å². The van der Waals surface area contributed by atoms with Gasteiger partial charge in [0.25, 0.3) is 0 Å². The molecule has 0 aliphatic rings. The topological polar surface area (TPSA) is 30.2 Å². The Balaban J connectivity index is 2.15. The first-order chi connectivity index (χ1) is 7.83. The highest BCUT2D eigenvalue weighted by Crippen LogP contribution is 2.20. The van der Waals surface area contributed by atoms with Crippen LogP contribution in [0.15, 0.2) is 53.3 Å². The molecule has 0 N–H and O–H groups in total. The molecule has 0 unspecified atom stereocenters. The van der Waals surface area contributed by atoms with Crippen LogP contribution in [0, 0.1) is 0 Å². The van der Waals surface area contributed by atoms with Crippen LogP contribution in [0.2, 0.25) is 0 Å². The zero-order valence-corrected chi connectivity index (χ0v) is 9.92. The fourth-order valence-corrected chi connectivity index (χ4v) is 1.86. The van der Waals surface area contributed by atoms with Gasteiger partial charge in [-0.15, -0.1) is 0 Å². The van der Waals surface area contributed by atoms with E-state index in [4.69, 9.17) is 0 Å². The van der Waals surface area contributed by atoms with E-state index < -0.39 is 0 Å². The van der Waals surface area contributed by atoms with Gasteiger partial charge in [-0.3, -0.25) is 0 Å². The van der Waals surface area contributed by atoms with Gasteiger partial charge in [0.1, 0.15) is 0 Å². The van der Waals surface area contributed by atoms with Gasteiger partial charge in [-0.2, -0.15) is 5.10 Å². The first-order valence-electron chi connectivity index (χ1n) is 4.89. The van der Waals surface area contributed by atoms with Crippen LogP contribution in [0.25, 0.3) is 16.9 Å². The molecule has 78 valence electrons. The largest absolute Gasteiger partial charge is 0.227 e. The van der Waals surface area contributed by atoms with Gasteiger partial charge >= 0.3 is 0 Å². The third-order valence-corrected chi connectivity index (χ3v) is 2.91. The van der Waals surface area contributed by atoms with E-state index in [2.05, 4.69) is 26.0 Å².